The van der Waals surface area contributed by atoms with Gasteiger partial charge in [0.2, 0.25) is 10.0 Å². The number of anilines is 1. The molecule has 0 aromatic heterocycles. The van der Waals surface area contributed by atoms with Crippen molar-refractivity contribution in [3.05, 3.63) is 23.8 Å². The third kappa shape index (κ3) is 5.16. The molecule has 0 bridgehead atoms. The van der Waals surface area contributed by atoms with E-state index in [0.29, 0.717) is 5.56 Å². The second kappa shape index (κ2) is 8.02. The lowest BCUT2D eigenvalue weighted by Crippen LogP contribution is -2.47. The van der Waals surface area contributed by atoms with Crippen LogP contribution in [-0.4, -0.2) is 60.2 Å². The van der Waals surface area contributed by atoms with E-state index in [0.717, 1.165) is 6.92 Å². The highest BCUT2D eigenvalue weighted by Crippen LogP contribution is 2.23. The molecule has 0 aliphatic rings. The summed E-state index contributed by atoms with van der Waals surface area (Å²) in [7, 11) is -2.25. The van der Waals surface area contributed by atoms with E-state index in [9.17, 15) is 23.1 Å². The number of aliphatic carboxylic acids is 1. The molecular weight excluding hydrogens is 362 g/mol. The standard InChI is InChI=1S/C16H25N3O6S/c1-10(2)19(5)26(24,25)12-7-6-11(3)13(8-12)18-15(22)17-9-16(4,23)14(20)21/h6-8,10,23H,9H2,1-5H3,(H,20,21)(H2,17,18,22). The lowest BCUT2D eigenvalue weighted by molar-refractivity contribution is -0.155. The Hall–Kier alpha value is -2.17. The first kappa shape index (κ1) is 21.9. The molecule has 0 radical (unpaired) electrons. The first-order valence-electron chi connectivity index (χ1n) is 7.88. The highest BCUT2D eigenvalue weighted by atomic mass is 32.2. The van der Waals surface area contributed by atoms with Crippen molar-refractivity contribution in [2.24, 2.45) is 0 Å². The third-order valence-electron chi connectivity index (χ3n) is 3.92. The van der Waals surface area contributed by atoms with Gasteiger partial charge in [-0.25, -0.2) is 18.0 Å². The quantitative estimate of drug-likeness (QED) is 0.551. The Morgan fingerprint density at radius 2 is 1.88 bits per heavy atom. The number of carbonyl (C=O) groups is 2. The van der Waals surface area contributed by atoms with Crippen molar-refractivity contribution >= 4 is 27.7 Å². The Kier molecular flexibility index (Phi) is 6.75. The Labute approximate surface area is 153 Å². The molecule has 1 atom stereocenters. The van der Waals surface area contributed by atoms with Crippen LogP contribution in [-0.2, 0) is 14.8 Å². The fourth-order valence-corrected chi connectivity index (χ4v) is 3.23. The summed E-state index contributed by atoms with van der Waals surface area (Å²) in [5.41, 5.74) is -1.23. The van der Waals surface area contributed by atoms with Crippen LogP contribution in [0.25, 0.3) is 0 Å². The van der Waals surface area contributed by atoms with E-state index in [2.05, 4.69) is 10.6 Å². The van der Waals surface area contributed by atoms with Crippen LogP contribution in [0.2, 0.25) is 0 Å². The Morgan fingerprint density at radius 3 is 2.38 bits per heavy atom. The molecule has 0 saturated carbocycles. The van der Waals surface area contributed by atoms with Crippen LogP contribution in [0.5, 0.6) is 0 Å². The number of urea groups is 1. The van der Waals surface area contributed by atoms with E-state index in [1.54, 1.807) is 26.8 Å². The molecule has 2 amide bonds. The van der Waals surface area contributed by atoms with Crippen molar-refractivity contribution in [2.75, 3.05) is 18.9 Å². The molecule has 1 rings (SSSR count). The van der Waals surface area contributed by atoms with Gasteiger partial charge in [0.05, 0.1) is 11.4 Å². The lowest BCUT2D eigenvalue weighted by Gasteiger charge is -2.22. The molecule has 10 heteroatoms. The number of amides is 2. The number of hydrogen-bond acceptors (Lipinski definition) is 5. The first-order chi connectivity index (χ1) is 11.8. The zero-order valence-corrected chi connectivity index (χ0v) is 16.2. The smallest absolute Gasteiger partial charge is 0.337 e. The molecule has 1 aromatic rings. The van der Waals surface area contributed by atoms with E-state index in [4.69, 9.17) is 5.11 Å². The van der Waals surface area contributed by atoms with Crippen LogP contribution in [0.15, 0.2) is 23.1 Å². The van der Waals surface area contributed by atoms with Crippen LogP contribution in [0.4, 0.5) is 10.5 Å². The summed E-state index contributed by atoms with van der Waals surface area (Å²) >= 11 is 0. The molecule has 4 N–H and O–H groups in total. The first-order valence-corrected chi connectivity index (χ1v) is 9.32. The number of sulfonamides is 1. The maximum atomic E-state index is 12.6. The molecule has 0 heterocycles. The van der Waals surface area contributed by atoms with Crippen LogP contribution < -0.4 is 10.6 Å². The molecule has 1 aromatic carbocycles. The molecule has 146 valence electrons. The van der Waals surface area contributed by atoms with Gasteiger partial charge >= 0.3 is 12.0 Å². The van der Waals surface area contributed by atoms with Gasteiger partial charge in [-0.2, -0.15) is 4.31 Å². The Balaban J connectivity index is 2.98. The van der Waals surface area contributed by atoms with Crippen molar-refractivity contribution in [1.82, 2.24) is 9.62 Å². The number of hydrogen-bond donors (Lipinski definition) is 4. The van der Waals surface area contributed by atoms with E-state index >= 15 is 0 Å². The molecule has 0 aliphatic carbocycles. The molecular formula is C16H25N3O6S. The van der Waals surface area contributed by atoms with Crippen LogP contribution in [0, 0.1) is 6.92 Å². The van der Waals surface area contributed by atoms with Gasteiger partial charge in [0.25, 0.3) is 0 Å². The maximum Gasteiger partial charge on any atom is 0.337 e. The van der Waals surface area contributed by atoms with Gasteiger partial charge < -0.3 is 20.8 Å². The van der Waals surface area contributed by atoms with Crippen molar-refractivity contribution in [3.63, 3.8) is 0 Å². The molecule has 26 heavy (non-hydrogen) atoms. The van der Waals surface area contributed by atoms with Gasteiger partial charge in [-0.1, -0.05) is 6.07 Å². The van der Waals surface area contributed by atoms with Gasteiger partial charge in [0.1, 0.15) is 0 Å². The van der Waals surface area contributed by atoms with E-state index in [1.165, 1.54) is 23.5 Å². The summed E-state index contributed by atoms with van der Waals surface area (Å²) in [4.78, 5) is 22.8. The van der Waals surface area contributed by atoms with Crippen LogP contribution in [0.3, 0.4) is 0 Å². The van der Waals surface area contributed by atoms with Crippen molar-refractivity contribution in [3.8, 4) is 0 Å². The van der Waals surface area contributed by atoms with Crippen LogP contribution >= 0.6 is 0 Å². The molecule has 0 fully saturated rings. The SMILES string of the molecule is Cc1ccc(S(=O)(=O)N(C)C(C)C)cc1NC(=O)NCC(C)(O)C(=O)O. The van der Waals surface area contributed by atoms with Gasteiger partial charge in [-0.05, 0) is 45.4 Å². The molecule has 1 unspecified atom stereocenters. The number of nitrogens with one attached hydrogen (secondary N) is 2. The number of aliphatic hydroxyl groups is 1. The van der Waals surface area contributed by atoms with E-state index in [-0.39, 0.29) is 16.6 Å². The largest absolute Gasteiger partial charge is 0.479 e. The van der Waals surface area contributed by atoms with Crippen LogP contribution in [0.1, 0.15) is 26.3 Å². The summed E-state index contributed by atoms with van der Waals surface area (Å²) in [5, 5.41) is 23.1. The summed E-state index contributed by atoms with van der Waals surface area (Å²) in [5.74, 6) is -1.47. The molecule has 9 nitrogen and oxygen atoms in total. The number of carbonyl (C=O) groups excluding carboxylic acids is 1. The van der Waals surface area contributed by atoms with Gasteiger partial charge in [-0.15, -0.1) is 0 Å². The Morgan fingerprint density at radius 1 is 1.31 bits per heavy atom. The summed E-state index contributed by atoms with van der Waals surface area (Å²) < 4.78 is 26.3. The topological polar surface area (TPSA) is 136 Å². The highest BCUT2D eigenvalue weighted by molar-refractivity contribution is 7.89. The number of carboxylic acid groups (broad SMARTS) is 1. The van der Waals surface area contributed by atoms with E-state index in [1.807, 2.05) is 0 Å². The second-order valence-electron chi connectivity index (χ2n) is 6.48. The van der Waals surface area contributed by atoms with Crippen molar-refractivity contribution < 1.29 is 28.2 Å². The normalized spacial score (nSPS) is 14.2. The van der Waals surface area contributed by atoms with Gasteiger partial charge in [0, 0.05) is 18.8 Å². The molecule has 0 aliphatic heterocycles. The van der Waals surface area contributed by atoms with Crippen molar-refractivity contribution in [1.29, 1.82) is 0 Å². The number of nitrogens with zero attached hydrogens (tertiary/aromatic N) is 1. The summed E-state index contributed by atoms with van der Waals surface area (Å²) in [6.07, 6.45) is 0. The summed E-state index contributed by atoms with van der Waals surface area (Å²) in [6, 6.07) is 3.34. The van der Waals surface area contributed by atoms with Gasteiger partial charge in [-0.3, -0.25) is 0 Å². The molecule has 0 spiro atoms. The second-order valence-corrected chi connectivity index (χ2v) is 8.48. The predicted octanol–water partition coefficient (Wildman–Crippen LogP) is 0.981. The Bertz CT molecular complexity index is 789. The monoisotopic (exact) mass is 387 g/mol. The van der Waals surface area contributed by atoms with Gasteiger partial charge in [0.15, 0.2) is 5.60 Å². The minimum atomic E-state index is -3.72. The average molecular weight is 387 g/mol. The fourth-order valence-electron chi connectivity index (χ4n) is 1.83. The third-order valence-corrected chi connectivity index (χ3v) is 5.94. The molecule has 0 saturated heterocycles. The summed E-state index contributed by atoms with van der Waals surface area (Å²) in [6.45, 7) is 5.71. The van der Waals surface area contributed by atoms with Crippen molar-refractivity contribution in [2.45, 2.75) is 44.2 Å². The minimum Gasteiger partial charge on any atom is -0.479 e. The zero-order valence-electron chi connectivity index (χ0n) is 15.4. The lowest BCUT2D eigenvalue weighted by atomic mass is 10.1. The maximum absolute atomic E-state index is 12.6. The minimum absolute atomic E-state index is 0.0205. The zero-order chi connectivity index (χ0) is 20.3. The number of aryl methyl sites for hydroxylation is 1. The highest BCUT2D eigenvalue weighted by Gasteiger charge is 2.30. The number of rotatable bonds is 7. The average Bonchev–Trinajstić information content (AvgIpc) is 2.53. The van der Waals surface area contributed by atoms with E-state index < -0.39 is 34.2 Å². The fraction of sp³-hybridized carbons (Fsp3) is 0.500. The predicted molar refractivity (Wildman–Crippen MR) is 96.5 cm³/mol. The number of benzene rings is 1. The number of carboxylic acids is 1.